The number of carbonyl (C=O) groups is 1. The largest absolute Gasteiger partial charge is 0.379 e. The van der Waals surface area contributed by atoms with Crippen molar-refractivity contribution in [2.24, 2.45) is 5.92 Å². The standard InChI is InChI=1S/C23H31N5O2S/c1-16(2)30-14-4-11-24-21(29)19-9-12-27(13-10-19)23-26-28-15-20(25-22(28)31-23)18-7-5-17(3)6-8-18/h5-8,15-16,19H,4,9-14H2,1-3H3,(H,24,29). The fraction of sp³-hybridized carbons (Fsp3) is 0.522. The molecule has 2 aromatic heterocycles. The molecule has 1 aromatic carbocycles. The number of fused-ring (bicyclic) bond motifs is 1. The van der Waals surface area contributed by atoms with Crippen molar-refractivity contribution in [2.75, 3.05) is 31.1 Å². The van der Waals surface area contributed by atoms with E-state index >= 15 is 0 Å². The summed E-state index contributed by atoms with van der Waals surface area (Å²) >= 11 is 1.61. The SMILES string of the molecule is Cc1ccc(-c2cn3nc(N4CCC(C(=O)NCCCOC(C)C)CC4)sc3n2)cc1. The average molecular weight is 442 g/mol. The number of rotatable bonds is 8. The summed E-state index contributed by atoms with van der Waals surface area (Å²) in [7, 11) is 0. The number of nitrogens with one attached hydrogen (secondary N) is 1. The zero-order valence-corrected chi connectivity index (χ0v) is 19.3. The molecule has 0 bridgehead atoms. The summed E-state index contributed by atoms with van der Waals surface area (Å²) in [6.07, 6.45) is 4.79. The number of aromatic nitrogens is 3. The first kappa shape index (κ1) is 21.8. The van der Waals surface area contributed by atoms with E-state index in [0.29, 0.717) is 13.2 Å². The highest BCUT2D eigenvalue weighted by Gasteiger charge is 2.26. The lowest BCUT2D eigenvalue weighted by molar-refractivity contribution is -0.125. The Morgan fingerprint density at radius 2 is 2.00 bits per heavy atom. The number of hydrogen-bond donors (Lipinski definition) is 1. The normalized spacial score (nSPS) is 15.2. The number of ether oxygens (including phenoxy) is 1. The van der Waals surface area contributed by atoms with Gasteiger partial charge in [0, 0.05) is 37.7 Å². The second kappa shape index (κ2) is 9.78. The lowest BCUT2D eigenvalue weighted by Crippen LogP contribution is -2.41. The highest BCUT2D eigenvalue weighted by Crippen LogP contribution is 2.29. The van der Waals surface area contributed by atoms with Crippen molar-refractivity contribution in [3.63, 3.8) is 0 Å². The molecule has 1 amide bonds. The number of benzene rings is 1. The van der Waals surface area contributed by atoms with E-state index in [-0.39, 0.29) is 17.9 Å². The third-order valence-electron chi connectivity index (χ3n) is 5.59. The topological polar surface area (TPSA) is 71.8 Å². The Morgan fingerprint density at radius 3 is 2.68 bits per heavy atom. The van der Waals surface area contributed by atoms with Crippen LogP contribution in [0.15, 0.2) is 30.5 Å². The molecule has 1 aliphatic heterocycles. The van der Waals surface area contributed by atoms with Crippen LogP contribution in [0.2, 0.25) is 0 Å². The van der Waals surface area contributed by atoms with Crippen LogP contribution < -0.4 is 10.2 Å². The zero-order chi connectivity index (χ0) is 21.8. The molecule has 7 nitrogen and oxygen atoms in total. The van der Waals surface area contributed by atoms with E-state index in [1.54, 1.807) is 11.3 Å². The van der Waals surface area contributed by atoms with E-state index in [1.807, 2.05) is 24.6 Å². The van der Waals surface area contributed by atoms with Crippen LogP contribution in [0.4, 0.5) is 5.13 Å². The fourth-order valence-electron chi connectivity index (χ4n) is 3.76. The van der Waals surface area contributed by atoms with Crippen LogP contribution >= 0.6 is 11.3 Å². The van der Waals surface area contributed by atoms with Crippen molar-refractivity contribution < 1.29 is 9.53 Å². The first-order chi connectivity index (χ1) is 15.0. The molecule has 0 unspecified atom stereocenters. The molecule has 166 valence electrons. The number of carbonyl (C=O) groups excluding carboxylic acids is 1. The molecule has 0 atom stereocenters. The maximum absolute atomic E-state index is 12.4. The lowest BCUT2D eigenvalue weighted by Gasteiger charge is -2.30. The highest BCUT2D eigenvalue weighted by atomic mass is 32.1. The van der Waals surface area contributed by atoms with Gasteiger partial charge in [0.15, 0.2) is 0 Å². The van der Waals surface area contributed by atoms with Gasteiger partial charge in [0.1, 0.15) is 0 Å². The minimum Gasteiger partial charge on any atom is -0.379 e. The molecule has 1 fully saturated rings. The second-order valence-corrected chi connectivity index (χ2v) is 9.36. The van der Waals surface area contributed by atoms with E-state index in [9.17, 15) is 4.79 Å². The molecule has 1 N–H and O–H groups in total. The van der Waals surface area contributed by atoms with Crippen molar-refractivity contribution in [3.05, 3.63) is 36.0 Å². The van der Waals surface area contributed by atoms with Gasteiger partial charge in [0.05, 0.1) is 18.0 Å². The molecule has 0 radical (unpaired) electrons. The molecule has 4 rings (SSSR count). The van der Waals surface area contributed by atoms with Crippen molar-refractivity contribution >= 4 is 27.3 Å². The minimum atomic E-state index is 0.0828. The molecule has 3 aromatic rings. The van der Waals surface area contributed by atoms with Gasteiger partial charge in [-0.2, -0.15) is 0 Å². The Balaban J connectivity index is 1.28. The zero-order valence-electron chi connectivity index (χ0n) is 18.5. The summed E-state index contributed by atoms with van der Waals surface area (Å²) in [5.74, 6) is 0.250. The number of hydrogen-bond acceptors (Lipinski definition) is 6. The van der Waals surface area contributed by atoms with Crippen LogP contribution in [0.3, 0.4) is 0 Å². The summed E-state index contributed by atoms with van der Waals surface area (Å²) in [6, 6.07) is 8.38. The first-order valence-corrected chi connectivity index (χ1v) is 11.9. The van der Waals surface area contributed by atoms with Gasteiger partial charge in [0.2, 0.25) is 16.0 Å². The second-order valence-electron chi connectivity index (χ2n) is 8.43. The molecule has 31 heavy (non-hydrogen) atoms. The number of piperidine rings is 1. The monoisotopic (exact) mass is 441 g/mol. The van der Waals surface area contributed by atoms with E-state index < -0.39 is 0 Å². The Labute approximate surface area is 187 Å². The quantitative estimate of drug-likeness (QED) is 0.537. The minimum absolute atomic E-state index is 0.0828. The fourth-order valence-corrected chi connectivity index (χ4v) is 4.70. The summed E-state index contributed by atoms with van der Waals surface area (Å²) in [4.78, 5) is 20.3. The van der Waals surface area contributed by atoms with E-state index in [1.165, 1.54) is 5.56 Å². The van der Waals surface area contributed by atoms with E-state index in [2.05, 4.69) is 41.4 Å². The van der Waals surface area contributed by atoms with Gasteiger partial charge >= 0.3 is 0 Å². The molecule has 0 aliphatic carbocycles. The molecule has 8 heteroatoms. The van der Waals surface area contributed by atoms with Crippen molar-refractivity contribution in [3.8, 4) is 11.3 Å². The molecule has 1 saturated heterocycles. The predicted octanol–water partition coefficient (Wildman–Crippen LogP) is 3.91. The van der Waals surface area contributed by atoms with Gasteiger partial charge in [-0.3, -0.25) is 4.79 Å². The van der Waals surface area contributed by atoms with Gasteiger partial charge in [-0.05, 0) is 40.0 Å². The molecular formula is C23H31N5O2S. The number of aryl methyl sites for hydroxylation is 1. The predicted molar refractivity (Wildman–Crippen MR) is 125 cm³/mol. The van der Waals surface area contributed by atoms with E-state index in [0.717, 1.165) is 53.7 Å². The Hall–Kier alpha value is -2.45. The van der Waals surface area contributed by atoms with Crippen LogP contribution in [0, 0.1) is 12.8 Å². The van der Waals surface area contributed by atoms with Crippen LogP contribution in [-0.2, 0) is 9.53 Å². The molecule has 1 aliphatic rings. The molecule has 0 spiro atoms. The highest BCUT2D eigenvalue weighted by molar-refractivity contribution is 7.20. The molecule has 0 saturated carbocycles. The summed E-state index contributed by atoms with van der Waals surface area (Å²) in [6.45, 7) is 9.18. The molecular weight excluding hydrogens is 410 g/mol. The van der Waals surface area contributed by atoms with Gasteiger partial charge in [-0.15, -0.1) is 5.10 Å². The third-order valence-corrected chi connectivity index (χ3v) is 6.57. The first-order valence-electron chi connectivity index (χ1n) is 11.1. The summed E-state index contributed by atoms with van der Waals surface area (Å²) in [5.41, 5.74) is 3.29. The summed E-state index contributed by atoms with van der Waals surface area (Å²) in [5, 5.41) is 8.77. The number of amides is 1. The van der Waals surface area contributed by atoms with E-state index in [4.69, 9.17) is 14.8 Å². The van der Waals surface area contributed by atoms with Gasteiger partial charge < -0.3 is 15.0 Å². The van der Waals surface area contributed by atoms with Gasteiger partial charge in [-0.25, -0.2) is 9.50 Å². The van der Waals surface area contributed by atoms with Gasteiger partial charge in [0.25, 0.3) is 0 Å². The third kappa shape index (κ3) is 5.43. The Bertz CT molecular complexity index is 971. The van der Waals surface area contributed by atoms with Crippen LogP contribution in [-0.4, -0.2) is 52.9 Å². The smallest absolute Gasteiger partial charge is 0.223 e. The van der Waals surface area contributed by atoms with Crippen LogP contribution in [0.5, 0.6) is 0 Å². The molecule has 3 heterocycles. The number of imidazole rings is 1. The lowest BCUT2D eigenvalue weighted by atomic mass is 9.96. The maximum Gasteiger partial charge on any atom is 0.223 e. The maximum atomic E-state index is 12.4. The summed E-state index contributed by atoms with van der Waals surface area (Å²) < 4.78 is 7.38. The van der Waals surface area contributed by atoms with Crippen LogP contribution in [0.25, 0.3) is 16.2 Å². The number of anilines is 1. The van der Waals surface area contributed by atoms with Crippen molar-refractivity contribution in [2.45, 2.75) is 46.1 Å². The number of nitrogens with zero attached hydrogens (tertiary/aromatic N) is 4. The Kier molecular flexibility index (Phi) is 6.87. The Morgan fingerprint density at radius 1 is 1.26 bits per heavy atom. The van der Waals surface area contributed by atoms with Crippen molar-refractivity contribution in [1.82, 2.24) is 19.9 Å². The van der Waals surface area contributed by atoms with Crippen LogP contribution in [0.1, 0.15) is 38.7 Å². The van der Waals surface area contributed by atoms with Gasteiger partial charge in [-0.1, -0.05) is 41.2 Å². The van der Waals surface area contributed by atoms with Crippen molar-refractivity contribution in [1.29, 1.82) is 0 Å². The average Bonchev–Trinajstić information content (AvgIpc) is 3.33.